The minimum Gasteiger partial charge on any atom is -0.342 e. The molecule has 0 spiro atoms. The fourth-order valence-corrected chi connectivity index (χ4v) is 8.54. The third-order valence-corrected chi connectivity index (χ3v) is 12.1. The molecule has 22 heteroatoms. The number of nitro benzene ring substituents is 2. The van der Waals surface area contributed by atoms with Gasteiger partial charge in [-0.25, -0.2) is 0 Å². The van der Waals surface area contributed by atoms with Crippen molar-refractivity contribution in [1.29, 1.82) is 0 Å². The van der Waals surface area contributed by atoms with Gasteiger partial charge in [0.25, 0.3) is 52.7 Å². The van der Waals surface area contributed by atoms with E-state index in [1.807, 2.05) is 0 Å². The fourth-order valence-electron chi connectivity index (χ4n) is 8.54. The van der Waals surface area contributed by atoms with Crippen molar-refractivity contribution in [2.75, 3.05) is 52.4 Å². The van der Waals surface area contributed by atoms with Crippen LogP contribution in [-0.2, 0) is 24.0 Å². The molecule has 70 heavy (non-hydrogen) atoms. The Hall–Kier alpha value is -8.53. The van der Waals surface area contributed by atoms with Crippen LogP contribution in [0.15, 0.2) is 84.1 Å². The van der Waals surface area contributed by atoms with E-state index in [1.165, 1.54) is 41.3 Å². The van der Waals surface area contributed by atoms with E-state index in [9.17, 15) is 63.4 Å². The lowest BCUT2D eigenvalue weighted by atomic mass is 9.93. The minimum atomic E-state index is -0.798. The number of benzene rings is 4. The number of nitrogens with one attached hydrogen (secondary N) is 3. The summed E-state index contributed by atoms with van der Waals surface area (Å²) in [7, 11) is 0. The van der Waals surface area contributed by atoms with Crippen LogP contribution in [0, 0.1) is 20.2 Å². The van der Waals surface area contributed by atoms with Crippen molar-refractivity contribution in [3.05, 3.63) is 127 Å². The molecule has 3 aliphatic heterocycles. The van der Waals surface area contributed by atoms with E-state index in [1.54, 1.807) is 38.1 Å². The van der Waals surface area contributed by atoms with Gasteiger partial charge in [-0.15, -0.1) is 0 Å². The molecule has 0 fully saturated rings. The van der Waals surface area contributed by atoms with Crippen LogP contribution < -0.4 is 16.0 Å². The topological polar surface area (TPSA) is 289 Å². The molecule has 0 aromatic heterocycles. The maximum atomic E-state index is 13.9. The predicted octanol–water partition coefficient (Wildman–Crippen LogP) is 3.52. The molecule has 3 aliphatic rings. The maximum absolute atomic E-state index is 13.9. The van der Waals surface area contributed by atoms with Crippen LogP contribution >= 0.6 is 0 Å². The highest BCUT2D eigenvalue weighted by Crippen LogP contribution is 2.35. The summed E-state index contributed by atoms with van der Waals surface area (Å²) < 4.78 is 0. The van der Waals surface area contributed by atoms with E-state index in [4.69, 9.17) is 0 Å². The zero-order valence-corrected chi connectivity index (χ0v) is 38.1. The lowest BCUT2D eigenvalue weighted by Crippen LogP contribution is -2.48. The quantitative estimate of drug-likeness (QED) is 0.0334. The van der Waals surface area contributed by atoms with Gasteiger partial charge in [0.15, 0.2) is 0 Å². The van der Waals surface area contributed by atoms with Crippen molar-refractivity contribution in [2.24, 2.45) is 0 Å². The van der Waals surface area contributed by atoms with Gasteiger partial charge < -0.3 is 20.9 Å². The Labute approximate surface area is 398 Å². The normalized spacial score (nSPS) is 13.9. The number of hydrogen-bond donors (Lipinski definition) is 3. The van der Waals surface area contributed by atoms with Crippen LogP contribution in [0.25, 0.3) is 21.5 Å². The smallest absolute Gasteiger partial charge is 0.270 e. The van der Waals surface area contributed by atoms with E-state index in [0.29, 0.717) is 41.0 Å². The number of non-ortho nitro benzene ring substituents is 2. The summed E-state index contributed by atoms with van der Waals surface area (Å²) in [6.07, 6.45) is 4.08. The summed E-state index contributed by atoms with van der Waals surface area (Å²) >= 11 is 0. The number of rotatable bonds is 22. The van der Waals surface area contributed by atoms with E-state index < -0.39 is 69.6 Å². The van der Waals surface area contributed by atoms with E-state index >= 15 is 0 Å². The maximum Gasteiger partial charge on any atom is 0.270 e. The number of nitro groups is 2. The summed E-state index contributed by atoms with van der Waals surface area (Å²) in [6, 6.07) is 14.1. The van der Waals surface area contributed by atoms with Crippen LogP contribution in [0.1, 0.15) is 87.4 Å². The van der Waals surface area contributed by atoms with Gasteiger partial charge in [-0.05, 0) is 68.1 Å². The molecule has 0 aliphatic carbocycles. The van der Waals surface area contributed by atoms with Gasteiger partial charge >= 0.3 is 0 Å². The van der Waals surface area contributed by atoms with Gasteiger partial charge in [0.05, 0.1) is 27.5 Å². The number of amides is 9. The molecule has 0 saturated carbocycles. The van der Waals surface area contributed by atoms with Crippen LogP contribution in [0.4, 0.5) is 11.4 Å². The van der Waals surface area contributed by atoms with Crippen LogP contribution in [0.2, 0.25) is 0 Å². The number of imide groups is 3. The highest BCUT2D eigenvalue weighted by molar-refractivity contribution is 6.27. The molecule has 0 unspecified atom stereocenters. The Morgan fingerprint density at radius 2 is 1.16 bits per heavy atom. The van der Waals surface area contributed by atoms with Crippen molar-refractivity contribution in [2.45, 2.75) is 46.0 Å². The number of unbranched alkanes of at least 4 members (excludes halogenated alkanes) is 2. The molecular weight excluding hydrogens is 911 g/mol. The van der Waals surface area contributed by atoms with Crippen molar-refractivity contribution in [3.63, 3.8) is 0 Å². The first kappa shape index (κ1) is 49.4. The molecule has 22 nitrogen and oxygen atoms in total. The molecule has 4 aromatic rings. The van der Waals surface area contributed by atoms with E-state index in [0.717, 1.165) is 26.8 Å². The van der Waals surface area contributed by atoms with E-state index in [2.05, 4.69) is 16.0 Å². The Kier molecular flexibility index (Phi) is 14.9. The predicted molar refractivity (Wildman–Crippen MR) is 250 cm³/mol. The second kappa shape index (κ2) is 21.2. The van der Waals surface area contributed by atoms with Gasteiger partial charge in [0, 0.05) is 104 Å². The number of nitrogens with zero attached hydrogens (tertiary/aromatic N) is 6. The first-order chi connectivity index (χ1) is 33.5. The summed E-state index contributed by atoms with van der Waals surface area (Å²) in [5.74, 6) is -5.37. The Morgan fingerprint density at radius 1 is 0.614 bits per heavy atom. The molecule has 7 rings (SSSR count). The van der Waals surface area contributed by atoms with Gasteiger partial charge in [-0.3, -0.25) is 78.1 Å². The van der Waals surface area contributed by atoms with Crippen LogP contribution in [0.3, 0.4) is 0 Å². The molecule has 4 aromatic carbocycles. The second-order valence-corrected chi connectivity index (χ2v) is 16.9. The monoisotopic (exact) mass is 957 g/mol. The van der Waals surface area contributed by atoms with Crippen molar-refractivity contribution < 1.29 is 53.0 Å². The van der Waals surface area contributed by atoms with Crippen molar-refractivity contribution in [1.82, 2.24) is 35.6 Å². The lowest BCUT2D eigenvalue weighted by Gasteiger charge is -2.30. The average molecular weight is 958 g/mol. The average Bonchev–Trinajstić information content (AvgIpc) is 3.66. The molecule has 3 N–H and O–H groups in total. The standard InChI is InChI=1S/C48H47N9O13/c1-28(2)43(51-37(58)13-4-3-5-19-53-38(59)14-15-39(53)60)44(62)50-27-40(61)52(21-22-55-46(64)34-12-7-10-30-24-32(57(69)70)26-36(42(30)34)48(55)66)18-8-16-49-17-20-54-45(63)33-11-6-9-29-23-31(56(67)68)25-35(41(29)33)47(54)65/h6-7,9-12,14-15,23-26,49H,3-5,8,13,16-22,27H2,1-2H3,(H,50,62)(H,51,58). The molecule has 3 heterocycles. The largest absolute Gasteiger partial charge is 0.342 e. The molecule has 9 amide bonds. The molecule has 0 radical (unpaired) electrons. The van der Waals surface area contributed by atoms with Crippen molar-refractivity contribution >= 4 is 86.1 Å². The van der Waals surface area contributed by atoms with Gasteiger partial charge in [0.1, 0.15) is 5.70 Å². The molecule has 0 bridgehead atoms. The van der Waals surface area contributed by atoms with Crippen LogP contribution in [-0.4, -0.2) is 135 Å². The summed E-state index contributed by atoms with van der Waals surface area (Å²) in [5.41, 5.74) is 0.0563. The van der Waals surface area contributed by atoms with Gasteiger partial charge in [-0.2, -0.15) is 0 Å². The Morgan fingerprint density at radius 3 is 1.70 bits per heavy atom. The summed E-state index contributed by atoms with van der Waals surface area (Å²) in [6.45, 7) is 2.53. The third-order valence-electron chi connectivity index (χ3n) is 12.1. The molecule has 362 valence electrons. The first-order valence-corrected chi connectivity index (χ1v) is 22.4. The zero-order valence-electron chi connectivity index (χ0n) is 38.1. The SMILES string of the molecule is CC(C)=C(NC(=O)CCCCCN1C(=O)C=CC1=O)C(=O)NCC(=O)N(CCCNCCN1C(=O)c2cccc3cc([N+](=O)[O-])cc(c23)C1=O)CCN1C(=O)c2cccc3cc([N+](=O)[O-])cc(c23)C1=O. The van der Waals surface area contributed by atoms with Gasteiger partial charge in [-0.1, -0.05) is 30.7 Å². The molecule has 0 atom stereocenters. The Bertz CT molecular complexity index is 2980. The Balaban J connectivity index is 0.974. The zero-order chi connectivity index (χ0) is 50.4. The highest BCUT2D eigenvalue weighted by atomic mass is 16.6. The highest BCUT2D eigenvalue weighted by Gasteiger charge is 2.36. The first-order valence-electron chi connectivity index (χ1n) is 22.4. The van der Waals surface area contributed by atoms with E-state index in [-0.39, 0.29) is 103 Å². The molecular formula is C48H47N9O13. The number of hydrogen-bond acceptors (Lipinski definition) is 14. The number of allylic oxidation sites excluding steroid dienone is 1. The summed E-state index contributed by atoms with van der Waals surface area (Å²) in [4.78, 5) is 145. The summed E-state index contributed by atoms with van der Waals surface area (Å²) in [5, 5.41) is 32.9. The van der Waals surface area contributed by atoms with Crippen LogP contribution in [0.5, 0.6) is 0 Å². The molecule has 0 saturated heterocycles. The van der Waals surface area contributed by atoms with Gasteiger partial charge in [0.2, 0.25) is 11.8 Å². The number of carbonyl (C=O) groups excluding carboxylic acids is 9. The fraction of sp³-hybridized carbons (Fsp3) is 0.312. The second-order valence-electron chi connectivity index (χ2n) is 16.9. The lowest BCUT2D eigenvalue weighted by molar-refractivity contribution is -0.384. The minimum absolute atomic E-state index is 0.0129. The third kappa shape index (κ3) is 10.5. The number of carbonyl (C=O) groups is 9. The van der Waals surface area contributed by atoms with Crippen molar-refractivity contribution in [3.8, 4) is 0 Å².